The lowest BCUT2D eigenvalue weighted by Crippen LogP contribution is -2.19. The minimum absolute atomic E-state index is 0.565. The predicted molar refractivity (Wildman–Crippen MR) is 79.8 cm³/mol. The van der Waals surface area contributed by atoms with Crippen molar-refractivity contribution in [3.05, 3.63) is 42.4 Å². The summed E-state index contributed by atoms with van der Waals surface area (Å²) in [4.78, 5) is 4.35. The van der Waals surface area contributed by atoms with Gasteiger partial charge < -0.3 is 9.73 Å². The van der Waals surface area contributed by atoms with Crippen LogP contribution in [-0.2, 0) is 6.42 Å². The minimum Gasteiger partial charge on any atom is -0.421 e. The van der Waals surface area contributed by atoms with Crippen LogP contribution in [0.1, 0.15) is 18.7 Å². The van der Waals surface area contributed by atoms with Gasteiger partial charge in [-0.2, -0.15) is 0 Å². The summed E-state index contributed by atoms with van der Waals surface area (Å²) in [5.41, 5.74) is 1.87. The third-order valence-electron chi connectivity index (χ3n) is 3.69. The summed E-state index contributed by atoms with van der Waals surface area (Å²) in [6, 6.07) is 10.6. The highest BCUT2D eigenvalue weighted by atomic mass is 16.4. The number of fused-ring (bicyclic) bond motifs is 1. The van der Waals surface area contributed by atoms with Crippen LogP contribution in [0.25, 0.3) is 22.4 Å². The van der Waals surface area contributed by atoms with Crippen LogP contribution in [0, 0.1) is 0 Å². The highest BCUT2D eigenvalue weighted by Gasteiger charge is 2.20. The Labute approximate surface area is 122 Å². The van der Waals surface area contributed by atoms with Crippen LogP contribution in [-0.4, -0.2) is 27.8 Å². The quantitative estimate of drug-likeness (QED) is 0.778. The molecule has 0 bridgehead atoms. The summed E-state index contributed by atoms with van der Waals surface area (Å²) in [5, 5.41) is 12.8. The molecule has 3 aromatic rings. The minimum atomic E-state index is 0.565. The fraction of sp³-hybridized carbons (Fsp3) is 0.312. The Hall–Kier alpha value is -2.27. The summed E-state index contributed by atoms with van der Waals surface area (Å²) >= 11 is 0. The molecule has 2 aromatic heterocycles. The topological polar surface area (TPSA) is 63.8 Å². The van der Waals surface area contributed by atoms with Gasteiger partial charge in [-0.05, 0) is 31.0 Å². The molecule has 1 aliphatic carbocycles. The zero-order valence-electron chi connectivity index (χ0n) is 11.6. The number of benzene rings is 1. The zero-order valence-corrected chi connectivity index (χ0v) is 11.6. The first-order valence-corrected chi connectivity index (χ1v) is 7.30. The van der Waals surface area contributed by atoms with E-state index in [1.807, 2.05) is 30.3 Å². The third kappa shape index (κ3) is 2.64. The van der Waals surface area contributed by atoms with Gasteiger partial charge in [0.15, 0.2) is 0 Å². The first-order chi connectivity index (χ1) is 10.4. The van der Waals surface area contributed by atoms with Gasteiger partial charge in [0.05, 0.1) is 5.52 Å². The number of hydrogen-bond donors (Lipinski definition) is 1. The van der Waals surface area contributed by atoms with Crippen molar-refractivity contribution in [1.29, 1.82) is 0 Å². The number of aromatic nitrogens is 3. The maximum absolute atomic E-state index is 5.79. The largest absolute Gasteiger partial charge is 0.421 e. The first-order valence-electron chi connectivity index (χ1n) is 7.30. The van der Waals surface area contributed by atoms with E-state index in [1.165, 1.54) is 12.8 Å². The normalized spacial score (nSPS) is 14.7. The molecule has 0 atom stereocenters. The number of nitrogens with zero attached hydrogens (tertiary/aromatic N) is 3. The highest BCUT2D eigenvalue weighted by molar-refractivity contribution is 5.92. The molecule has 0 radical (unpaired) electrons. The van der Waals surface area contributed by atoms with Crippen molar-refractivity contribution in [3.63, 3.8) is 0 Å². The second kappa shape index (κ2) is 5.26. The molecule has 1 fully saturated rings. The molecule has 0 spiro atoms. The van der Waals surface area contributed by atoms with Crippen molar-refractivity contribution in [3.8, 4) is 11.5 Å². The number of hydrogen-bond acceptors (Lipinski definition) is 5. The van der Waals surface area contributed by atoms with E-state index in [0.29, 0.717) is 17.8 Å². The van der Waals surface area contributed by atoms with E-state index in [2.05, 4.69) is 20.5 Å². The summed E-state index contributed by atoms with van der Waals surface area (Å²) < 4.78 is 5.79. The van der Waals surface area contributed by atoms with Gasteiger partial charge in [-0.15, -0.1) is 10.2 Å². The second-order valence-electron chi connectivity index (χ2n) is 5.36. The lowest BCUT2D eigenvalue weighted by atomic mass is 10.1. The maximum Gasteiger partial charge on any atom is 0.248 e. The van der Waals surface area contributed by atoms with Crippen LogP contribution in [0.15, 0.2) is 40.9 Å². The standard InChI is InChI=1S/C16H16N4O/c1-3-13(12-4-2-9-18-14(12)5-1)16-20-19-15(21-16)8-10-17-11-6-7-11/h1-5,9,11,17H,6-8,10H2. The number of nitrogens with one attached hydrogen (secondary N) is 1. The molecular formula is C16H16N4O. The summed E-state index contributed by atoms with van der Waals surface area (Å²) in [7, 11) is 0. The highest BCUT2D eigenvalue weighted by Crippen LogP contribution is 2.26. The van der Waals surface area contributed by atoms with E-state index in [0.717, 1.165) is 29.4 Å². The molecule has 0 unspecified atom stereocenters. The summed E-state index contributed by atoms with van der Waals surface area (Å²) in [5.74, 6) is 1.24. The third-order valence-corrected chi connectivity index (χ3v) is 3.69. The molecule has 1 aliphatic rings. The average molecular weight is 280 g/mol. The van der Waals surface area contributed by atoms with Crippen LogP contribution < -0.4 is 5.32 Å². The molecule has 4 rings (SSSR count). The summed E-state index contributed by atoms with van der Waals surface area (Å²) in [6.45, 7) is 0.892. The molecule has 1 saturated carbocycles. The monoisotopic (exact) mass is 280 g/mol. The van der Waals surface area contributed by atoms with E-state index >= 15 is 0 Å². The van der Waals surface area contributed by atoms with Gasteiger partial charge in [0.25, 0.3) is 0 Å². The SMILES string of the molecule is c1cc(-c2nnc(CCNC3CC3)o2)c2cccnc2c1. The smallest absolute Gasteiger partial charge is 0.248 e. The Balaban J connectivity index is 1.58. The van der Waals surface area contributed by atoms with Crippen molar-refractivity contribution in [2.75, 3.05) is 6.54 Å². The molecular weight excluding hydrogens is 264 g/mol. The molecule has 1 aromatic carbocycles. The Bertz CT molecular complexity index is 758. The Morgan fingerprint density at radius 2 is 2.10 bits per heavy atom. The molecule has 0 amide bonds. The van der Waals surface area contributed by atoms with E-state index in [1.54, 1.807) is 6.20 Å². The number of pyridine rings is 1. The second-order valence-corrected chi connectivity index (χ2v) is 5.36. The lowest BCUT2D eigenvalue weighted by Gasteiger charge is -2.01. The predicted octanol–water partition coefficient (Wildman–Crippen LogP) is 2.58. The van der Waals surface area contributed by atoms with Gasteiger partial charge in [0.1, 0.15) is 0 Å². The maximum atomic E-state index is 5.79. The Kier molecular flexibility index (Phi) is 3.12. The summed E-state index contributed by atoms with van der Waals surface area (Å²) in [6.07, 6.45) is 5.14. The fourth-order valence-electron chi connectivity index (χ4n) is 2.42. The van der Waals surface area contributed by atoms with Gasteiger partial charge in [0.2, 0.25) is 11.8 Å². The Morgan fingerprint density at radius 1 is 1.14 bits per heavy atom. The van der Waals surface area contributed by atoms with Gasteiger partial charge in [-0.3, -0.25) is 4.98 Å². The van der Waals surface area contributed by atoms with Gasteiger partial charge in [0, 0.05) is 36.2 Å². The zero-order chi connectivity index (χ0) is 14.1. The lowest BCUT2D eigenvalue weighted by molar-refractivity contribution is 0.494. The molecule has 1 N–H and O–H groups in total. The van der Waals surface area contributed by atoms with Gasteiger partial charge >= 0.3 is 0 Å². The van der Waals surface area contributed by atoms with E-state index in [-0.39, 0.29) is 0 Å². The first kappa shape index (κ1) is 12.5. The Morgan fingerprint density at radius 3 is 3.00 bits per heavy atom. The van der Waals surface area contributed by atoms with Crippen molar-refractivity contribution >= 4 is 10.9 Å². The van der Waals surface area contributed by atoms with Gasteiger partial charge in [-0.1, -0.05) is 12.1 Å². The molecule has 21 heavy (non-hydrogen) atoms. The van der Waals surface area contributed by atoms with E-state index in [9.17, 15) is 0 Å². The van der Waals surface area contributed by atoms with Crippen LogP contribution >= 0.6 is 0 Å². The number of rotatable bonds is 5. The van der Waals surface area contributed by atoms with Crippen LogP contribution in [0.4, 0.5) is 0 Å². The van der Waals surface area contributed by atoms with Crippen molar-refractivity contribution in [2.45, 2.75) is 25.3 Å². The van der Waals surface area contributed by atoms with Gasteiger partial charge in [-0.25, -0.2) is 0 Å². The van der Waals surface area contributed by atoms with Crippen molar-refractivity contribution in [1.82, 2.24) is 20.5 Å². The average Bonchev–Trinajstić information content (AvgIpc) is 3.23. The molecule has 0 aliphatic heterocycles. The van der Waals surface area contributed by atoms with Crippen molar-refractivity contribution in [2.24, 2.45) is 0 Å². The fourth-order valence-corrected chi connectivity index (χ4v) is 2.42. The molecule has 5 heteroatoms. The van der Waals surface area contributed by atoms with E-state index < -0.39 is 0 Å². The van der Waals surface area contributed by atoms with Crippen LogP contribution in [0.5, 0.6) is 0 Å². The van der Waals surface area contributed by atoms with Crippen LogP contribution in [0.2, 0.25) is 0 Å². The molecule has 2 heterocycles. The van der Waals surface area contributed by atoms with Crippen LogP contribution in [0.3, 0.4) is 0 Å². The molecule has 5 nitrogen and oxygen atoms in total. The van der Waals surface area contributed by atoms with E-state index in [4.69, 9.17) is 4.42 Å². The molecule has 0 saturated heterocycles. The van der Waals surface area contributed by atoms with Crippen molar-refractivity contribution < 1.29 is 4.42 Å². The molecule has 106 valence electrons.